The Balaban J connectivity index is 1.97. The number of pyridine rings is 1. The van der Waals surface area contributed by atoms with E-state index >= 15 is 0 Å². The summed E-state index contributed by atoms with van der Waals surface area (Å²) in [6.45, 7) is 6.29. The Morgan fingerprint density at radius 3 is 2.80 bits per heavy atom. The van der Waals surface area contributed by atoms with E-state index in [-0.39, 0.29) is 0 Å². The fraction of sp³-hybridized carbons (Fsp3) is 0.250. The first-order valence-electron chi connectivity index (χ1n) is 8.27. The number of hydrogen-bond acceptors (Lipinski definition) is 5. The molecule has 0 bridgehead atoms. The Morgan fingerprint density at radius 1 is 1.24 bits per heavy atom. The third kappa shape index (κ3) is 3.76. The highest BCUT2D eigenvalue weighted by Gasteiger charge is 2.14. The number of hydrogen-bond donors (Lipinski definition) is 1. The summed E-state index contributed by atoms with van der Waals surface area (Å²) in [4.78, 5) is 8.59. The molecule has 0 radical (unpaired) electrons. The van der Waals surface area contributed by atoms with Crippen LogP contribution in [0.3, 0.4) is 0 Å². The van der Waals surface area contributed by atoms with Crippen molar-refractivity contribution in [2.24, 2.45) is 5.92 Å². The van der Waals surface area contributed by atoms with E-state index in [9.17, 15) is 5.11 Å². The van der Waals surface area contributed by atoms with E-state index in [0.717, 1.165) is 34.9 Å². The van der Waals surface area contributed by atoms with Crippen LogP contribution < -0.4 is 0 Å². The number of aliphatic hydroxyl groups excluding tert-OH is 1. The summed E-state index contributed by atoms with van der Waals surface area (Å²) >= 11 is 0. The molecule has 5 heteroatoms. The van der Waals surface area contributed by atoms with Crippen LogP contribution in [0, 0.1) is 12.8 Å². The van der Waals surface area contributed by atoms with E-state index in [2.05, 4.69) is 35.0 Å². The molecule has 3 aromatic rings. The zero-order chi connectivity index (χ0) is 17.8. The second-order valence-corrected chi connectivity index (χ2v) is 6.44. The van der Waals surface area contributed by atoms with Crippen LogP contribution in [0.1, 0.15) is 30.5 Å². The van der Waals surface area contributed by atoms with E-state index in [1.807, 2.05) is 25.1 Å². The summed E-state index contributed by atoms with van der Waals surface area (Å²) in [6, 6.07) is 7.87. The quantitative estimate of drug-likeness (QED) is 0.676. The molecule has 2 heterocycles. The zero-order valence-electron chi connectivity index (χ0n) is 14.6. The van der Waals surface area contributed by atoms with Gasteiger partial charge < -0.3 is 9.63 Å². The largest absolute Gasteiger partial charge is 0.516 e. The lowest BCUT2D eigenvalue weighted by Crippen LogP contribution is -1.97. The van der Waals surface area contributed by atoms with Crippen molar-refractivity contribution >= 4 is 6.08 Å². The lowest BCUT2D eigenvalue weighted by molar-refractivity contribution is 0.432. The van der Waals surface area contributed by atoms with E-state index in [1.165, 1.54) is 5.56 Å². The highest BCUT2D eigenvalue weighted by Crippen LogP contribution is 2.26. The third-order valence-corrected chi connectivity index (χ3v) is 3.96. The maximum Gasteiger partial charge on any atom is 0.258 e. The van der Waals surface area contributed by atoms with Crippen molar-refractivity contribution in [3.8, 4) is 22.8 Å². The average Bonchev–Trinajstić information content (AvgIpc) is 3.06. The molecule has 1 N–H and O–H groups in total. The number of rotatable bonds is 5. The molecule has 0 unspecified atom stereocenters. The third-order valence-electron chi connectivity index (χ3n) is 3.96. The van der Waals surface area contributed by atoms with Crippen LogP contribution in [-0.4, -0.2) is 20.2 Å². The van der Waals surface area contributed by atoms with Crippen LogP contribution in [0.15, 0.2) is 47.4 Å². The fourth-order valence-corrected chi connectivity index (χ4v) is 2.76. The van der Waals surface area contributed by atoms with Gasteiger partial charge >= 0.3 is 0 Å². The van der Waals surface area contributed by atoms with Gasteiger partial charge in [-0.3, -0.25) is 4.98 Å². The molecule has 0 amide bonds. The van der Waals surface area contributed by atoms with Gasteiger partial charge in [0.1, 0.15) is 0 Å². The minimum absolute atomic E-state index is 0.473. The second-order valence-electron chi connectivity index (χ2n) is 6.44. The number of aryl methyl sites for hydroxylation is 1. The number of nitrogens with zero attached hydrogens (tertiary/aromatic N) is 3. The minimum atomic E-state index is 0.473. The summed E-state index contributed by atoms with van der Waals surface area (Å²) in [5.74, 6) is 1.53. The summed E-state index contributed by atoms with van der Waals surface area (Å²) in [6.07, 6.45) is 7.16. The highest BCUT2D eigenvalue weighted by molar-refractivity contribution is 5.66. The van der Waals surface area contributed by atoms with Gasteiger partial charge in [0.05, 0.1) is 6.26 Å². The first-order chi connectivity index (χ1) is 12.1. The van der Waals surface area contributed by atoms with Crippen LogP contribution in [0.4, 0.5) is 0 Å². The van der Waals surface area contributed by atoms with Gasteiger partial charge in [-0.15, -0.1) is 0 Å². The van der Waals surface area contributed by atoms with Crippen molar-refractivity contribution in [2.75, 3.05) is 0 Å². The van der Waals surface area contributed by atoms with Crippen LogP contribution in [0.5, 0.6) is 0 Å². The van der Waals surface area contributed by atoms with Crippen molar-refractivity contribution in [3.05, 3.63) is 59.6 Å². The van der Waals surface area contributed by atoms with Crippen molar-refractivity contribution in [2.45, 2.75) is 27.2 Å². The van der Waals surface area contributed by atoms with Crippen molar-refractivity contribution in [3.63, 3.8) is 0 Å². The summed E-state index contributed by atoms with van der Waals surface area (Å²) in [5, 5.41) is 13.3. The van der Waals surface area contributed by atoms with Gasteiger partial charge in [0, 0.05) is 23.5 Å². The molecule has 0 aliphatic heterocycles. The fourth-order valence-electron chi connectivity index (χ4n) is 2.76. The van der Waals surface area contributed by atoms with Crippen molar-refractivity contribution < 1.29 is 9.63 Å². The summed E-state index contributed by atoms with van der Waals surface area (Å²) < 4.78 is 5.42. The molecular weight excluding hydrogens is 314 g/mol. The Morgan fingerprint density at radius 2 is 2.08 bits per heavy atom. The molecular formula is C20H21N3O2. The van der Waals surface area contributed by atoms with E-state index in [1.54, 1.807) is 18.5 Å². The van der Waals surface area contributed by atoms with Gasteiger partial charge in [-0.2, -0.15) is 4.98 Å². The predicted octanol–water partition coefficient (Wildman–Crippen LogP) is 4.83. The van der Waals surface area contributed by atoms with Gasteiger partial charge in [-0.25, -0.2) is 0 Å². The van der Waals surface area contributed by atoms with Gasteiger partial charge in [0.15, 0.2) is 0 Å². The first kappa shape index (κ1) is 16.9. The summed E-state index contributed by atoms with van der Waals surface area (Å²) in [7, 11) is 0. The molecule has 0 aliphatic rings. The number of aliphatic hydroxyl groups is 1. The molecule has 0 spiro atoms. The minimum Gasteiger partial charge on any atom is -0.516 e. The van der Waals surface area contributed by atoms with Crippen molar-refractivity contribution in [1.82, 2.24) is 15.1 Å². The molecule has 0 aliphatic carbocycles. The second kappa shape index (κ2) is 7.30. The predicted molar refractivity (Wildman–Crippen MR) is 97.9 cm³/mol. The molecule has 3 rings (SSSR count). The van der Waals surface area contributed by atoms with Gasteiger partial charge in [-0.05, 0) is 54.2 Å². The maximum atomic E-state index is 9.19. The van der Waals surface area contributed by atoms with Gasteiger partial charge in [0.25, 0.3) is 5.89 Å². The molecule has 0 fully saturated rings. The number of benzene rings is 1. The standard InChI is InChI=1S/C20H21N3O2/c1-13(2)10-15-4-5-17(11-16(15)7-9-24)19-22-20(25-23-19)18-6-8-21-12-14(18)3/h4-9,11-13,24H,10H2,1-3H3/b9-7-. The van der Waals surface area contributed by atoms with Gasteiger partial charge in [0.2, 0.25) is 5.82 Å². The van der Waals surface area contributed by atoms with E-state index in [0.29, 0.717) is 17.6 Å². The normalized spacial score (nSPS) is 11.5. The Kier molecular flexibility index (Phi) is 4.93. The Labute approximate surface area is 147 Å². The molecule has 5 nitrogen and oxygen atoms in total. The van der Waals surface area contributed by atoms with Crippen LogP contribution in [0.2, 0.25) is 0 Å². The van der Waals surface area contributed by atoms with Gasteiger partial charge in [-0.1, -0.05) is 31.1 Å². The van der Waals surface area contributed by atoms with E-state index < -0.39 is 0 Å². The lowest BCUT2D eigenvalue weighted by atomic mass is 9.96. The lowest BCUT2D eigenvalue weighted by Gasteiger charge is -2.09. The monoisotopic (exact) mass is 335 g/mol. The molecule has 0 saturated carbocycles. The van der Waals surface area contributed by atoms with Crippen LogP contribution >= 0.6 is 0 Å². The summed E-state index contributed by atoms with van der Waals surface area (Å²) in [5.41, 5.74) is 4.84. The topological polar surface area (TPSA) is 72.0 Å². The van der Waals surface area contributed by atoms with E-state index in [4.69, 9.17) is 4.52 Å². The average molecular weight is 335 g/mol. The smallest absolute Gasteiger partial charge is 0.258 e. The SMILES string of the molecule is Cc1cnccc1-c1nc(-c2ccc(CC(C)C)c(/C=C\O)c2)no1. The molecule has 0 atom stereocenters. The molecule has 0 saturated heterocycles. The van der Waals surface area contributed by atoms with Crippen LogP contribution in [-0.2, 0) is 6.42 Å². The molecule has 128 valence electrons. The highest BCUT2D eigenvalue weighted by atomic mass is 16.5. The number of aromatic nitrogens is 3. The Hall–Kier alpha value is -2.95. The Bertz CT molecular complexity index is 897. The van der Waals surface area contributed by atoms with Crippen LogP contribution in [0.25, 0.3) is 28.9 Å². The molecule has 25 heavy (non-hydrogen) atoms. The first-order valence-corrected chi connectivity index (χ1v) is 8.27. The molecule has 2 aromatic heterocycles. The maximum absolute atomic E-state index is 9.19. The molecule has 1 aromatic carbocycles. The van der Waals surface area contributed by atoms with Crippen molar-refractivity contribution in [1.29, 1.82) is 0 Å². The zero-order valence-corrected chi connectivity index (χ0v) is 14.6.